The lowest BCUT2D eigenvalue weighted by Crippen LogP contribution is -2.51. The molecular weight excluding hydrogens is 415 g/mol. The van der Waals surface area contributed by atoms with Gasteiger partial charge in [-0.15, -0.1) is 24.0 Å². The molecule has 136 valence electrons. The molecule has 2 saturated carbocycles. The number of carbonyl (C=O) groups is 1. The molecule has 0 bridgehead atoms. The first-order chi connectivity index (χ1) is 11.1. The summed E-state index contributed by atoms with van der Waals surface area (Å²) in [6.07, 6.45) is 8.61. The second-order valence-corrected chi connectivity index (χ2v) is 8.29. The van der Waals surface area contributed by atoms with Crippen LogP contribution in [0.4, 0.5) is 0 Å². The second-order valence-electron chi connectivity index (χ2n) is 8.29. The smallest absolute Gasteiger partial charge is 0.220 e. The fraction of sp³-hybridized carbons (Fsp3) is 0.889. The number of carbonyl (C=O) groups excluding carboxylic acids is 1. The van der Waals surface area contributed by atoms with Crippen molar-refractivity contribution in [2.24, 2.45) is 21.7 Å². The molecule has 6 heteroatoms. The molecule has 2 heterocycles. The summed E-state index contributed by atoms with van der Waals surface area (Å²) < 4.78 is 0. The Labute approximate surface area is 162 Å². The van der Waals surface area contributed by atoms with E-state index in [0.29, 0.717) is 11.8 Å². The summed E-state index contributed by atoms with van der Waals surface area (Å²) >= 11 is 0. The molecule has 4 rings (SSSR count). The van der Waals surface area contributed by atoms with E-state index in [9.17, 15) is 4.79 Å². The number of nitrogens with one attached hydrogen (secondary N) is 2. The molecule has 1 unspecified atom stereocenters. The highest BCUT2D eigenvalue weighted by Crippen LogP contribution is 2.61. The van der Waals surface area contributed by atoms with Crippen molar-refractivity contribution in [1.29, 1.82) is 0 Å². The van der Waals surface area contributed by atoms with E-state index in [-0.39, 0.29) is 35.3 Å². The van der Waals surface area contributed by atoms with Crippen LogP contribution in [0.3, 0.4) is 0 Å². The maximum absolute atomic E-state index is 11.7. The lowest BCUT2D eigenvalue weighted by atomic mass is 9.79. The third-order valence-corrected chi connectivity index (χ3v) is 6.37. The maximum atomic E-state index is 11.7. The van der Waals surface area contributed by atoms with Crippen LogP contribution in [0.1, 0.15) is 51.9 Å². The largest absolute Gasteiger partial charge is 0.357 e. The summed E-state index contributed by atoms with van der Waals surface area (Å²) in [5.41, 5.74) is 0.693. The molecule has 2 saturated heterocycles. The first-order valence-electron chi connectivity index (χ1n) is 9.45. The Morgan fingerprint density at radius 2 is 2.17 bits per heavy atom. The van der Waals surface area contributed by atoms with Crippen LogP contribution in [0.15, 0.2) is 4.99 Å². The zero-order valence-corrected chi connectivity index (χ0v) is 17.1. The summed E-state index contributed by atoms with van der Waals surface area (Å²) in [6.45, 7) is 6.93. The Kier molecular flexibility index (Phi) is 5.33. The summed E-state index contributed by atoms with van der Waals surface area (Å²) in [6, 6.07) is 0. The fourth-order valence-corrected chi connectivity index (χ4v) is 4.64. The van der Waals surface area contributed by atoms with E-state index in [1.54, 1.807) is 0 Å². The van der Waals surface area contributed by atoms with E-state index in [2.05, 4.69) is 22.5 Å². The van der Waals surface area contributed by atoms with Gasteiger partial charge in [0.2, 0.25) is 5.91 Å². The van der Waals surface area contributed by atoms with Gasteiger partial charge in [0, 0.05) is 44.6 Å². The predicted molar refractivity (Wildman–Crippen MR) is 107 cm³/mol. The Morgan fingerprint density at radius 3 is 2.75 bits per heavy atom. The summed E-state index contributed by atoms with van der Waals surface area (Å²) in [7, 11) is 0. The van der Waals surface area contributed by atoms with Crippen LogP contribution in [-0.2, 0) is 4.79 Å². The molecule has 4 aliphatic rings. The van der Waals surface area contributed by atoms with Crippen molar-refractivity contribution in [3.8, 4) is 0 Å². The number of guanidine groups is 1. The van der Waals surface area contributed by atoms with Crippen molar-refractivity contribution in [2.75, 3.05) is 32.7 Å². The molecule has 0 radical (unpaired) electrons. The van der Waals surface area contributed by atoms with Crippen molar-refractivity contribution >= 4 is 35.8 Å². The number of nitrogens with zero attached hydrogens (tertiary/aromatic N) is 2. The van der Waals surface area contributed by atoms with Gasteiger partial charge in [-0.25, -0.2) is 0 Å². The lowest BCUT2D eigenvalue weighted by Gasteiger charge is -2.41. The number of hydrogen-bond donors (Lipinski definition) is 2. The van der Waals surface area contributed by atoms with Gasteiger partial charge in [0.05, 0.1) is 0 Å². The van der Waals surface area contributed by atoms with Crippen molar-refractivity contribution < 1.29 is 4.79 Å². The summed E-state index contributed by atoms with van der Waals surface area (Å²) in [5.74, 6) is 2.26. The van der Waals surface area contributed by atoms with Crippen LogP contribution in [0.5, 0.6) is 0 Å². The van der Waals surface area contributed by atoms with Crippen molar-refractivity contribution in [3.05, 3.63) is 0 Å². The van der Waals surface area contributed by atoms with Crippen molar-refractivity contribution in [1.82, 2.24) is 15.5 Å². The van der Waals surface area contributed by atoms with Gasteiger partial charge in [0.25, 0.3) is 0 Å². The van der Waals surface area contributed by atoms with Crippen LogP contribution in [0.25, 0.3) is 0 Å². The molecule has 1 atom stereocenters. The van der Waals surface area contributed by atoms with Gasteiger partial charge in [-0.3, -0.25) is 9.79 Å². The maximum Gasteiger partial charge on any atom is 0.220 e. The number of aliphatic imine (C=N–C) groups is 1. The van der Waals surface area contributed by atoms with Crippen LogP contribution >= 0.6 is 24.0 Å². The SMILES string of the molecule is CCNC(=NCC1(C2CC2)CC1)N1CCCC2(CNC(=O)C2)C1.I. The zero-order valence-electron chi connectivity index (χ0n) is 14.8. The Balaban J connectivity index is 0.00000169. The van der Waals surface area contributed by atoms with E-state index in [1.165, 1.54) is 25.7 Å². The predicted octanol–water partition coefficient (Wildman–Crippen LogP) is 2.36. The highest BCUT2D eigenvalue weighted by Gasteiger charge is 2.53. The van der Waals surface area contributed by atoms with E-state index in [1.807, 2.05) is 0 Å². The van der Waals surface area contributed by atoms with Gasteiger partial charge in [0.1, 0.15) is 0 Å². The number of rotatable bonds is 4. The number of piperidine rings is 1. The van der Waals surface area contributed by atoms with E-state index >= 15 is 0 Å². The Bertz CT molecular complexity index is 515. The summed E-state index contributed by atoms with van der Waals surface area (Å²) in [5, 5.41) is 6.54. The zero-order chi connectivity index (χ0) is 15.9. The Morgan fingerprint density at radius 1 is 1.38 bits per heavy atom. The standard InChI is InChI=1S/C18H30N4O.HI/c1-2-19-16(21-12-18(7-8-18)14-4-5-14)22-9-3-6-17(13-22)10-15(23)20-11-17;/h14H,2-13H2,1H3,(H,19,21)(H,20,23);1H. The molecule has 0 aromatic rings. The van der Waals surface area contributed by atoms with E-state index in [0.717, 1.165) is 57.4 Å². The molecule has 0 aromatic carbocycles. The topological polar surface area (TPSA) is 56.7 Å². The van der Waals surface area contributed by atoms with Crippen molar-refractivity contribution in [3.63, 3.8) is 0 Å². The second kappa shape index (κ2) is 7.00. The highest BCUT2D eigenvalue weighted by atomic mass is 127. The average molecular weight is 446 g/mol. The van der Waals surface area contributed by atoms with Gasteiger partial charge in [0.15, 0.2) is 5.96 Å². The molecule has 4 fully saturated rings. The molecule has 2 aliphatic carbocycles. The molecule has 1 amide bonds. The van der Waals surface area contributed by atoms with Gasteiger partial charge in [-0.05, 0) is 56.8 Å². The minimum Gasteiger partial charge on any atom is -0.357 e. The normalized spacial score (nSPS) is 31.6. The first-order valence-corrected chi connectivity index (χ1v) is 9.45. The molecular formula is C18H31IN4O. The molecule has 24 heavy (non-hydrogen) atoms. The third-order valence-electron chi connectivity index (χ3n) is 6.37. The quantitative estimate of drug-likeness (QED) is 0.396. The molecule has 1 spiro atoms. The van der Waals surface area contributed by atoms with Gasteiger partial charge in [-0.2, -0.15) is 0 Å². The first kappa shape index (κ1) is 18.3. The number of hydrogen-bond acceptors (Lipinski definition) is 2. The van der Waals surface area contributed by atoms with Crippen LogP contribution < -0.4 is 10.6 Å². The third kappa shape index (κ3) is 3.68. The molecule has 5 nitrogen and oxygen atoms in total. The highest BCUT2D eigenvalue weighted by molar-refractivity contribution is 14.0. The van der Waals surface area contributed by atoms with E-state index < -0.39 is 0 Å². The number of amides is 1. The van der Waals surface area contributed by atoms with Crippen LogP contribution in [0.2, 0.25) is 0 Å². The minimum atomic E-state index is 0. The van der Waals surface area contributed by atoms with Gasteiger partial charge in [-0.1, -0.05) is 0 Å². The van der Waals surface area contributed by atoms with Gasteiger partial charge < -0.3 is 15.5 Å². The van der Waals surface area contributed by atoms with Gasteiger partial charge >= 0.3 is 0 Å². The number of likely N-dealkylation sites (tertiary alicyclic amines) is 1. The Hall–Kier alpha value is -0.530. The molecule has 2 N–H and O–H groups in total. The minimum absolute atomic E-state index is 0. The average Bonchev–Trinajstić information content (AvgIpc) is 3.43. The lowest BCUT2D eigenvalue weighted by molar-refractivity contribution is -0.119. The molecule has 0 aromatic heterocycles. The van der Waals surface area contributed by atoms with Crippen LogP contribution in [-0.4, -0.2) is 49.5 Å². The van der Waals surface area contributed by atoms with E-state index in [4.69, 9.17) is 4.99 Å². The van der Waals surface area contributed by atoms with Crippen LogP contribution in [0, 0.1) is 16.7 Å². The van der Waals surface area contributed by atoms with Crippen molar-refractivity contribution in [2.45, 2.75) is 51.9 Å². The number of halogens is 1. The monoisotopic (exact) mass is 446 g/mol. The summed E-state index contributed by atoms with van der Waals surface area (Å²) in [4.78, 5) is 19.1. The fourth-order valence-electron chi connectivity index (χ4n) is 4.64. The molecule has 2 aliphatic heterocycles.